The minimum atomic E-state index is 0.313. The molecule has 86 valence electrons. The van der Waals surface area contributed by atoms with E-state index in [2.05, 4.69) is 21.3 Å². The molecular formula is C11H11N5S. The summed E-state index contributed by atoms with van der Waals surface area (Å²) in [4.78, 5) is 5.18. The van der Waals surface area contributed by atoms with Gasteiger partial charge < -0.3 is 5.73 Å². The summed E-state index contributed by atoms with van der Waals surface area (Å²) in [7, 11) is 0. The van der Waals surface area contributed by atoms with Crippen LogP contribution in [0.2, 0.25) is 0 Å². The van der Waals surface area contributed by atoms with Crippen LogP contribution in [0.1, 0.15) is 11.4 Å². The van der Waals surface area contributed by atoms with Gasteiger partial charge >= 0.3 is 0 Å². The van der Waals surface area contributed by atoms with Crippen LogP contribution in [0, 0.1) is 18.3 Å². The predicted molar refractivity (Wildman–Crippen MR) is 65.4 cm³/mol. The Morgan fingerprint density at radius 3 is 3.00 bits per heavy atom. The van der Waals surface area contributed by atoms with Gasteiger partial charge in [0.1, 0.15) is 5.82 Å². The Morgan fingerprint density at radius 2 is 2.35 bits per heavy atom. The summed E-state index contributed by atoms with van der Waals surface area (Å²) in [5.74, 6) is 0.778. The van der Waals surface area contributed by atoms with Crippen molar-refractivity contribution in [2.24, 2.45) is 0 Å². The molecule has 0 fully saturated rings. The minimum Gasteiger partial charge on any atom is -0.398 e. The van der Waals surface area contributed by atoms with Crippen molar-refractivity contribution in [2.75, 3.05) is 5.73 Å². The maximum absolute atomic E-state index is 8.69. The number of nitrogens with two attached hydrogens (primary N) is 1. The molecule has 2 aromatic rings. The van der Waals surface area contributed by atoms with E-state index in [1.54, 1.807) is 6.07 Å². The second-order valence-corrected chi connectivity index (χ2v) is 4.54. The summed E-state index contributed by atoms with van der Waals surface area (Å²) in [6, 6.07) is 7.69. The molecule has 1 aromatic heterocycles. The van der Waals surface area contributed by atoms with E-state index in [4.69, 9.17) is 11.0 Å². The number of hydrogen-bond donors (Lipinski definition) is 2. The summed E-state index contributed by atoms with van der Waals surface area (Å²) in [6.07, 6.45) is 0.313. The van der Waals surface area contributed by atoms with Crippen molar-refractivity contribution < 1.29 is 0 Å². The van der Waals surface area contributed by atoms with Crippen LogP contribution in [0.15, 0.2) is 28.3 Å². The molecule has 0 radical (unpaired) electrons. The molecule has 2 rings (SSSR count). The van der Waals surface area contributed by atoms with Crippen molar-refractivity contribution in [2.45, 2.75) is 23.4 Å². The second kappa shape index (κ2) is 4.89. The molecular weight excluding hydrogens is 234 g/mol. The van der Waals surface area contributed by atoms with E-state index in [-0.39, 0.29) is 0 Å². The van der Waals surface area contributed by atoms with Crippen LogP contribution in [0.5, 0.6) is 0 Å². The van der Waals surface area contributed by atoms with E-state index in [9.17, 15) is 0 Å². The summed E-state index contributed by atoms with van der Waals surface area (Å²) >= 11 is 1.44. The van der Waals surface area contributed by atoms with Crippen molar-refractivity contribution in [3.8, 4) is 6.07 Å². The van der Waals surface area contributed by atoms with E-state index in [0.29, 0.717) is 17.3 Å². The first kappa shape index (κ1) is 11.5. The molecule has 0 aliphatic carbocycles. The zero-order chi connectivity index (χ0) is 12.3. The quantitative estimate of drug-likeness (QED) is 0.806. The van der Waals surface area contributed by atoms with E-state index in [1.807, 2.05) is 19.1 Å². The van der Waals surface area contributed by atoms with Crippen molar-refractivity contribution >= 4 is 17.4 Å². The largest absolute Gasteiger partial charge is 0.398 e. The number of rotatable bonds is 3. The number of nitrogens with one attached hydrogen (secondary N) is 1. The molecule has 0 spiro atoms. The number of benzene rings is 1. The van der Waals surface area contributed by atoms with Gasteiger partial charge in [-0.25, -0.2) is 4.98 Å². The fourth-order valence-electron chi connectivity index (χ4n) is 1.36. The van der Waals surface area contributed by atoms with Gasteiger partial charge in [0.2, 0.25) is 5.16 Å². The van der Waals surface area contributed by atoms with Gasteiger partial charge in [-0.3, -0.25) is 5.10 Å². The maximum atomic E-state index is 8.69. The molecule has 3 N–H and O–H groups in total. The molecule has 0 bridgehead atoms. The highest BCUT2D eigenvalue weighted by atomic mass is 32.2. The molecule has 0 atom stereocenters. The smallest absolute Gasteiger partial charge is 0.213 e. The highest BCUT2D eigenvalue weighted by molar-refractivity contribution is 7.99. The summed E-state index contributed by atoms with van der Waals surface area (Å²) in [6.45, 7) is 1.85. The summed E-state index contributed by atoms with van der Waals surface area (Å²) in [5.41, 5.74) is 7.25. The molecule has 0 aliphatic rings. The number of H-pyrrole nitrogens is 1. The van der Waals surface area contributed by atoms with Crippen LogP contribution >= 0.6 is 11.8 Å². The number of nitrogens with zero attached hydrogens (tertiary/aromatic N) is 3. The topological polar surface area (TPSA) is 91.4 Å². The molecule has 0 unspecified atom stereocenters. The van der Waals surface area contributed by atoms with E-state index < -0.39 is 0 Å². The van der Waals surface area contributed by atoms with Crippen LogP contribution in [-0.2, 0) is 6.42 Å². The summed E-state index contributed by atoms with van der Waals surface area (Å²) in [5, 5.41) is 16.2. The third kappa shape index (κ3) is 2.77. The first-order valence-corrected chi connectivity index (χ1v) is 5.83. The lowest BCUT2D eigenvalue weighted by Gasteiger charge is -2.03. The number of nitriles is 1. The molecule has 0 saturated heterocycles. The SMILES string of the molecule is Cc1nc(Sc2ccc(N)c(CC#N)c2)n[nH]1. The Hall–Kier alpha value is -2.00. The highest BCUT2D eigenvalue weighted by Gasteiger charge is 2.05. The Labute approximate surface area is 103 Å². The number of aromatic nitrogens is 3. The van der Waals surface area contributed by atoms with Crippen LogP contribution in [0.25, 0.3) is 0 Å². The van der Waals surface area contributed by atoms with E-state index in [1.165, 1.54) is 11.8 Å². The normalized spacial score (nSPS) is 10.1. The Kier molecular flexibility index (Phi) is 3.30. The monoisotopic (exact) mass is 245 g/mol. The zero-order valence-corrected chi connectivity index (χ0v) is 10.1. The average molecular weight is 245 g/mol. The lowest BCUT2D eigenvalue weighted by Crippen LogP contribution is -1.93. The van der Waals surface area contributed by atoms with Crippen molar-refractivity contribution in [1.82, 2.24) is 15.2 Å². The van der Waals surface area contributed by atoms with Crippen molar-refractivity contribution in [3.05, 3.63) is 29.6 Å². The fraction of sp³-hybridized carbons (Fsp3) is 0.182. The van der Waals surface area contributed by atoms with Gasteiger partial charge in [-0.05, 0) is 42.4 Å². The van der Waals surface area contributed by atoms with Crippen molar-refractivity contribution in [1.29, 1.82) is 5.26 Å². The zero-order valence-electron chi connectivity index (χ0n) is 9.27. The third-order valence-electron chi connectivity index (χ3n) is 2.17. The first-order valence-electron chi connectivity index (χ1n) is 5.01. The predicted octanol–water partition coefficient (Wildman–Crippen LogP) is 1.91. The molecule has 1 heterocycles. The second-order valence-electron chi connectivity index (χ2n) is 3.50. The van der Waals surface area contributed by atoms with Crippen molar-refractivity contribution in [3.63, 3.8) is 0 Å². The van der Waals surface area contributed by atoms with Gasteiger partial charge in [-0.1, -0.05) is 0 Å². The number of hydrogen-bond acceptors (Lipinski definition) is 5. The molecule has 0 aliphatic heterocycles. The first-order chi connectivity index (χ1) is 8.19. The molecule has 0 saturated carbocycles. The van der Waals surface area contributed by atoms with Gasteiger partial charge in [-0.15, -0.1) is 5.10 Å². The maximum Gasteiger partial charge on any atom is 0.213 e. The number of aryl methyl sites for hydroxylation is 1. The lowest BCUT2D eigenvalue weighted by molar-refractivity contribution is 0.969. The van der Waals surface area contributed by atoms with Gasteiger partial charge in [0.05, 0.1) is 12.5 Å². The number of nitrogen functional groups attached to an aromatic ring is 1. The molecule has 5 nitrogen and oxygen atoms in total. The van der Waals surface area contributed by atoms with Gasteiger partial charge in [0, 0.05) is 10.6 Å². The Morgan fingerprint density at radius 1 is 1.53 bits per heavy atom. The number of anilines is 1. The van der Waals surface area contributed by atoms with Crippen LogP contribution < -0.4 is 5.73 Å². The van der Waals surface area contributed by atoms with E-state index in [0.717, 1.165) is 16.3 Å². The molecule has 17 heavy (non-hydrogen) atoms. The van der Waals surface area contributed by atoms with Crippen LogP contribution in [0.4, 0.5) is 5.69 Å². The Balaban J connectivity index is 2.22. The Bertz CT molecular complexity index is 569. The standard InChI is InChI=1S/C11H11N5S/c1-7-14-11(16-15-7)17-9-2-3-10(13)8(6-9)4-5-12/h2-3,6H,4,13H2,1H3,(H,14,15,16). The minimum absolute atomic E-state index is 0.313. The number of aromatic amines is 1. The third-order valence-corrected chi connectivity index (χ3v) is 3.02. The summed E-state index contributed by atoms with van der Waals surface area (Å²) < 4.78 is 0. The van der Waals surface area contributed by atoms with Gasteiger partial charge in [-0.2, -0.15) is 5.26 Å². The molecule has 6 heteroatoms. The van der Waals surface area contributed by atoms with Crippen LogP contribution in [0.3, 0.4) is 0 Å². The van der Waals surface area contributed by atoms with E-state index >= 15 is 0 Å². The van der Waals surface area contributed by atoms with Crippen LogP contribution in [-0.4, -0.2) is 15.2 Å². The average Bonchev–Trinajstić information content (AvgIpc) is 2.69. The van der Waals surface area contributed by atoms with Gasteiger partial charge in [0.25, 0.3) is 0 Å². The van der Waals surface area contributed by atoms with Gasteiger partial charge in [0.15, 0.2) is 0 Å². The fourth-order valence-corrected chi connectivity index (χ4v) is 2.18. The molecule has 1 aromatic carbocycles. The highest BCUT2D eigenvalue weighted by Crippen LogP contribution is 2.27. The lowest BCUT2D eigenvalue weighted by atomic mass is 10.1. The molecule has 0 amide bonds.